The van der Waals surface area contributed by atoms with E-state index in [0.29, 0.717) is 5.92 Å². The maximum Gasteiger partial charge on any atom is 0.0731 e. The van der Waals surface area contributed by atoms with Crippen LogP contribution in [0.25, 0.3) is 0 Å². The summed E-state index contributed by atoms with van der Waals surface area (Å²) in [6.45, 7) is 6.82. The zero-order valence-corrected chi connectivity index (χ0v) is 10.6. The highest BCUT2D eigenvalue weighted by atomic mass is 16.3. The first kappa shape index (κ1) is 11.4. The molecule has 15 heavy (non-hydrogen) atoms. The summed E-state index contributed by atoms with van der Waals surface area (Å²) in [6.07, 6.45) is 8.52. The molecule has 2 rings (SSSR count). The fraction of sp³-hybridized carbons (Fsp3) is 1.00. The van der Waals surface area contributed by atoms with Crippen molar-refractivity contribution in [2.24, 2.45) is 17.3 Å². The van der Waals surface area contributed by atoms with Crippen molar-refractivity contribution in [3.8, 4) is 0 Å². The third-order valence-corrected chi connectivity index (χ3v) is 5.64. The molecule has 0 saturated heterocycles. The van der Waals surface area contributed by atoms with Crippen molar-refractivity contribution in [2.45, 2.75) is 71.3 Å². The Labute approximate surface area is 94.3 Å². The summed E-state index contributed by atoms with van der Waals surface area (Å²) >= 11 is 0. The van der Waals surface area contributed by atoms with Gasteiger partial charge in [0.2, 0.25) is 0 Å². The third kappa shape index (κ3) is 1.39. The minimum atomic E-state index is -0.333. The van der Waals surface area contributed by atoms with Crippen LogP contribution in [0.4, 0.5) is 0 Å². The second-order valence-corrected chi connectivity index (χ2v) is 6.01. The number of hydrogen-bond acceptors (Lipinski definition) is 1. The molecule has 0 radical (unpaired) electrons. The van der Waals surface area contributed by atoms with Crippen molar-refractivity contribution in [3.05, 3.63) is 0 Å². The van der Waals surface area contributed by atoms with Crippen LogP contribution in [0.3, 0.4) is 0 Å². The molecule has 0 amide bonds. The van der Waals surface area contributed by atoms with Crippen LogP contribution in [0.2, 0.25) is 0 Å². The molecule has 4 unspecified atom stereocenters. The van der Waals surface area contributed by atoms with Gasteiger partial charge in [-0.2, -0.15) is 0 Å². The Morgan fingerprint density at radius 1 is 1.20 bits per heavy atom. The molecule has 0 aliphatic heterocycles. The van der Waals surface area contributed by atoms with Crippen LogP contribution in [0.1, 0.15) is 65.7 Å². The van der Waals surface area contributed by atoms with Gasteiger partial charge in [-0.3, -0.25) is 0 Å². The second-order valence-electron chi connectivity index (χ2n) is 6.01. The van der Waals surface area contributed by atoms with Gasteiger partial charge in [0.15, 0.2) is 0 Å². The van der Waals surface area contributed by atoms with Crippen LogP contribution in [-0.4, -0.2) is 10.7 Å². The SMILES string of the molecule is CCCCC1(O)C2CCC(C2)C1(C)CC. The lowest BCUT2D eigenvalue weighted by Crippen LogP contribution is -2.50. The van der Waals surface area contributed by atoms with E-state index in [1.54, 1.807) is 0 Å². The Bertz CT molecular complexity index is 237. The fourth-order valence-electron chi connectivity index (χ4n) is 4.34. The summed E-state index contributed by atoms with van der Waals surface area (Å²) in [5.74, 6) is 1.41. The monoisotopic (exact) mass is 210 g/mol. The van der Waals surface area contributed by atoms with Crippen molar-refractivity contribution in [1.29, 1.82) is 0 Å². The number of fused-ring (bicyclic) bond motifs is 2. The average Bonchev–Trinajstić information content (AvgIpc) is 2.79. The lowest BCUT2D eigenvalue weighted by Gasteiger charge is -2.48. The van der Waals surface area contributed by atoms with Crippen molar-refractivity contribution in [3.63, 3.8) is 0 Å². The van der Waals surface area contributed by atoms with Gasteiger partial charge < -0.3 is 5.11 Å². The molecule has 88 valence electrons. The van der Waals surface area contributed by atoms with Crippen LogP contribution in [0, 0.1) is 17.3 Å². The van der Waals surface area contributed by atoms with E-state index in [1.165, 1.54) is 32.1 Å². The fourth-order valence-corrected chi connectivity index (χ4v) is 4.34. The maximum absolute atomic E-state index is 11.0. The lowest BCUT2D eigenvalue weighted by molar-refractivity contribution is -0.123. The normalized spacial score (nSPS) is 48.8. The van der Waals surface area contributed by atoms with Gasteiger partial charge in [0.1, 0.15) is 0 Å². The lowest BCUT2D eigenvalue weighted by atomic mass is 9.61. The minimum absolute atomic E-state index is 0.213. The Morgan fingerprint density at radius 2 is 1.87 bits per heavy atom. The molecule has 0 heterocycles. The molecule has 2 fully saturated rings. The molecule has 2 aliphatic carbocycles. The first-order valence-electron chi connectivity index (χ1n) is 6.81. The standard InChI is InChI=1S/C14H26O/c1-4-6-9-14(15)12-8-7-11(10-12)13(14,3)5-2/h11-12,15H,4-10H2,1-3H3. The van der Waals surface area contributed by atoms with E-state index in [0.717, 1.165) is 18.8 Å². The molecule has 2 saturated carbocycles. The Kier molecular flexibility index (Phi) is 2.87. The van der Waals surface area contributed by atoms with E-state index < -0.39 is 0 Å². The Hall–Kier alpha value is -0.0400. The number of hydrogen-bond donors (Lipinski definition) is 1. The van der Waals surface area contributed by atoms with E-state index >= 15 is 0 Å². The predicted octanol–water partition coefficient (Wildman–Crippen LogP) is 3.75. The first-order chi connectivity index (χ1) is 7.08. The first-order valence-corrected chi connectivity index (χ1v) is 6.81. The number of unbranched alkanes of at least 4 members (excludes halogenated alkanes) is 1. The quantitative estimate of drug-likeness (QED) is 0.749. The average molecular weight is 210 g/mol. The van der Waals surface area contributed by atoms with Gasteiger partial charge in [0, 0.05) is 0 Å². The van der Waals surface area contributed by atoms with Gasteiger partial charge in [-0.05, 0) is 49.4 Å². The molecular weight excluding hydrogens is 184 g/mol. The van der Waals surface area contributed by atoms with Crippen LogP contribution in [0.5, 0.6) is 0 Å². The summed E-state index contributed by atoms with van der Waals surface area (Å²) < 4.78 is 0. The zero-order chi connectivity index (χ0) is 11.1. The Balaban J connectivity index is 2.20. The predicted molar refractivity (Wildman–Crippen MR) is 63.7 cm³/mol. The van der Waals surface area contributed by atoms with Crippen molar-refractivity contribution < 1.29 is 5.11 Å². The van der Waals surface area contributed by atoms with E-state index in [2.05, 4.69) is 20.8 Å². The molecule has 0 spiro atoms. The summed E-state index contributed by atoms with van der Waals surface area (Å²) in [5, 5.41) is 11.0. The molecule has 0 aromatic heterocycles. The largest absolute Gasteiger partial charge is 0.389 e. The molecule has 2 bridgehead atoms. The third-order valence-electron chi connectivity index (χ3n) is 5.64. The number of rotatable bonds is 4. The summed E-state index contributed by atoms with van der Waals surface area (Å²) in [6, 6.07) is 0. The number of aliphatic hydroxyl groups is 1. The molecule has 1 N–H and O–H groups in total. The van der Waals surface area contributed by atoms with E-state index in [9.17, 15) is 5.11 Å². The van der Waals surface area contributed by atoms with Crippen LogP contribution >= 0.6 is 0 Å². The summed E-state index contributed by atoms with van der Waals surface area (Å²) in [5.41, 5.74) is -0.119. The van der Waals surface area contributed by atoms with E-state index in [1.807, 2.05) is 0 Å². The maximum atomic E-state index is 11.0. The molecule has 0 aromatic carbocycles. The molecule has 4 atom stereocenters. The molecule has 2 aliphatic rings. The highest BCUT2D eigenvalue weighted by Crippen LogP contribution is 2.64. The zero-order valence-electron chi connectivity index (χ0n) is 10.6. The highest BCUT2D eigenvalue weighted by molar-refractivity contribution is 5.12. The van der Waals surface area contributed by atoms with Gasteiger partial charge in [0.25, 0.3) is 0 Å². The van der Waals surface area contributed by atoms with Gasteiger partial charge in [0.05, 0.1) is 5.60 Å². The molecule has 0 aromatic rings. The van der Waals surface area contributed by atoms with Crippen LogP contribution < -0.4 is 0 Å². The van der Waals surface area contributed by atoms with Crippen LogP contribution in [0.15, 0.2) is 0 Å². The summed E-state index contributed by atoms with van der Waals surface area (Å²) in [7, 11) is 0. The van der Waals surface area contributed by atoms with E-state index in [4.69, 9.17) is 0 Å². The van der Waals surface area contributed by atoms with Crippen LogP contribution in [-0.2, 0) is 0 Å². The van der Waals surface area contributed by atoms with E-state index in [-0.39, 0.29) is 11.0 Å². The van der Waals surface area contributed by atoms with Gasteiger partial charge in [-0.1, -0.05) is 33.6 Å². The second kappa shape index (κ2) is 3.76. The highest BCUT2D eigenvalue weighted by Gasteiger charge is 2.62. The summed E-state index contributed by atoms with van der Waals surface area (Å²) in [4.78, 5) is 0. The molecular formula is C14H26O. The minimum Gasteiger partial charge on any atom is -0.389 e. The molecule has 1 heteroatoms. The molecule has 1 nitrogen and oxygen atoms in total. The van der Waals surface area contributed by atoms with Crippen molar-refractivity contribution in [1.82, 2.24) is 0 Å². The van der Waals surface area contributed by atoms with Crippen molar-refractivity contribution >= 4 is 0 Å². The van der Waals surface area contributed by atoms with Gasteiger partial charge in [-0.25, -0.2) is 0 Å². The Morgan fingerprint density at radius 3 is 2.47 bits per heavy atom. The van der Waals surface area contributed by atoms with Crippen molar-refractivity contribution in [2.75, 3.05) is 0 Å². The topological polar surface area (TPSA) is 20.2 Å². The smallest absolute Gasteiger partial charge is 0.0731 e. The van der Waals surface area contributed by atoms with Gasteiger partial charge in [-0.15, -0.1) is 0 Å². The van der Waals surface area contributed by atoms with Gasteiger partial charge >= 0.3 is 0 Å².